The smallest absolute Gasteiger partial charge is 0.307 e. The zero-order valence-electron chi connectivity index (χ0n) is 20.2. The van der Waals surface area contributed by atoms with Crippen LogP contribution in [0.4, 0.5) is 5.69 Å². The number of hydrogen-bond acceptors (Lipinski definition) is 6. The molecule has 3 aromatic carbocycles. The quantitative estimate of drug-likeness (QED) is 0.153. The molecule has 6 nitrogen and oxygen atoms in total. The van der Waals surface area contributed by atoms with E-state index >= 15 is 0 Å². The maximum Gasteiger partial charge on any atom is 0.307 e. The highest BCUT2D eigenvalue weighted by atomic mass is 32.2. The summed E-state index contributed by atoms with van der Waals surface area (Å²) < 4.78 is 1.68. The minimum Gasteiger partial charge on any atom is -0.481 e. The lowest BCUT2D eigenvalue weighted by Crippen LogP contribution is -2.36. The second-order valence-corrected chi connectivity index (χ2v) is 11.9. The van der Waals surface area contributed by atoms with E-state index in [0.717, 1.165) is 32.1 Å². The van der Waals surface area contributed by atoms with Gasteiger partial charge in [0.2, 0.25) is 5.91 Å². The van der Waals surface area contributed by atoms with Crippen LogP contribution in [0.1, 0.15) is 16.8 Å². The number of aromatic nitrogens is 1. The van der Waals surface area contributed by atoms with Crippen molar-refractivity contribution in [2.75, 3.05) is 11.1 Å². The fourth-order valence-corrected chi connectivity index (χ4v) is 7.48. The molecule has 2 aliphatic carbocycles. The van der Waals surface area contributed by atoms with Crippen LogP contribution in [0.25, 0.3) is 21.3 Å². The molecule has 2 N–H and O–H groups in total. The fourth-order valence-electron chi connectivity index (χ4n) is 5.47. The van der Waals surface area contributed by atoms with Crippen LogP contribution in [-0.2, 0) is 9.59 Å². The lowest BCUT2D eigenvalue weighted by atomic mass is 9.82. The molecule has 4 atom stereocenters. The van der Waals surface area contributed by atoms with Gasteiger partial charge in [-0.25, -0.2) is 4.98 Å². The van der Waals surface area contributed by atoms with Gasteiger partial charge < -0.3 is 10.4 Å². The van der Waals surface area contributed by atoms with Gasteiger partial charge in [0.15, 0.2) is 10.1 Å². The third-order valence-electron chi connectivity index (χ3n) is 7.32. The average Bonchev–Trinajstić information content (AvgIpc) is 3.66. The molecule has 1 aromatic heterocycles. The highest BCUT2D eigenvalue weighted by Gasteiger charge is 2.51. The van der Waals surface area contributed by atoms with E-state index in [0.29, 0.717) is 11.3 Å². The van der Waals surface area contributed by atoms with E-state index in [1.807, 2.05) is 78.9 Å². The standard InChI is InChI=1S/C30H24N2O4S2/c33-24(19-8-6-18(7-9-19)17-4-2-1-3-5-17)16-37-30-32-23-13-12-22(15-25(23)38-30)31-28(34)26-20-10-11-21(14-20)27(26)29(35)36/h1-13,15,20-21,26-27H,14,16H2,(H,31,34)(H,35,36)/t20-,21-,26-,27+/m0/s1. The summed E-state index contributed by atoms with van der Waals surface area (Å²) >= 11 is 2.87. The number of nitrogens with zero attached hydrogens (tertiary/aromatic N) is 1. The number of anilines is 1. The summed E-state index contributed by atoms with van der Waals surface area (Å²) in [5, 5.41) is 12.6. The second kappa shape index (κ2) is 10.2. The third-order valence-corrected chi connectivity index (χ3v) is 9.49. The van der Waals surface area contributed by atoms with Crippen LogP contribution in [0.5, 0.6) is 0 Å². The first-order valence-corrected chi connectivity index (χ1v) is 14.2. The van der Waals surface area contributed by atoms with Gasteiger partial charge in [-0.3, -0.25) is 14.4 Å². The Balaban J connectivity index is 1.10. The predicted molar refractivity (Wildman–Crippen MR) is 151 cm³/mol. The van der Waals surface area contributed by atoms with Crippen LogP contribution in [0.3, 0.4) is 0 Å². The number of ketones is 1. The number of hydrogen-bond donors (Lipinski definition) is 2. The Morgan fingerprint density at radius 1 is 0.921 bits per heavy atom. The molecular formula is C30H24N2O4S2. The Morgan fingerprint density at radius 3 is 2.37 bits per heavy atom. The van der Waals surface area contributed by atoms with E-state index in [4.69, 9.17) is 0 Å². The summed E-state index contributed by atoms with van der Waals surface area (Å²) in [4.78, 5) is 42.2. The molecule has 190 valence electrons. The van der Waals surface area contributed by atoms with Crippen molar-refractivity contribution in [3.8, 4) is 11.1 Å². The summed E-state index contributed by atoms with van der Waals surface area (Å²) in [5.41, 5.74) is 4.26. The van der Waals surface area contributed by atoms with E-state index in [2.05, 4.69) is 10.3 Å². The van der Waals surface area contributed by atoms with Gasteiger partial charge in [-0.2, -0.15) is 0 Å². The molecule has 2 aliphatic rings. The molecule has 1 heterocycles. The van der Waals surface area contributed by atoms with Gasteiger partial charge in [-0.1, -0.05) is 78.5 Å². The van der Waals surface area contributed by atoms with Crippen molar-refractivity contribution in [2.45, 2.75) is 10.8 Å². The number of benzene rings is 3. The van der Waals surface area contributed by atoms with Gasteiger partial charge in [-0.05, 0) is 47.6 Å². The van der Waals surface area contributed by atoms with Crippen molar-refractivity contribution in [3.05, 3.63) is 90.5 Å². The van der Waals surface area contributed by atoms with Crippen LogP contribution in [-0.4, -0.2) is 33.5 Å². The molecule has 6 rings (SSSR count). The van der Waals surface area contributed by atoms with E-state index in [1.54, 1.807) is 6.07 Å². The number of nitrogens with one attached hydrogen (secondary N) is 1. The Labute approximate surface area is 227 Å². The lowest BCUT2D eigenvalue weighted by molar-refractivity contribution is -0.146. The molecular weight excluding hydrogens is 516 g/mol. The number of allylic oxidation sites excluding steroid dienone is 2. The monoisotopic (exact) mass is 540 g/mol. The lowest BCUT2D eigenvalue weighted by Gasteiger charge is -2.23. The number of rotatable bonds is 8. The first-order chi connectivity index (χ1) is 18.5. The fraction of sp³-hybridized carbons (Fsp3) is 0.200. The summed E-state index contributed by atoms with van der Waals surface area (Å²) in [6.45, 7) is 0. The van der Waals surface area contributed by atoms with E-state index in [9.17, 15) is 19.5 Å². The molecule has 2 bridgehead atoms. The topological polar surface area (TPSA) is 96.4 Å². The van der Waals surface area contributed by atoms with Gasteiger partial charge in [0.1, 0.15) is 0 Å². The molecule has 0 saturated heterocycles. The third kappa shape index (κ3) is 4.77. The van der Waals surface area contributed by atoms with Gasteiger partial charge >= 0.3 is 5.97 Å². The SMILES string of the molecule is O=C(CSc1nc2ccc(NC(=O)[C@@H]3[C@H](C(=O)O)[C@H]4C=C[C@H]3C4)cc2s1)c1ccc(-c2ccccc2)cc1. The van der Waals surface area contributed by atoms with Crippen LogP contribution in [0.2, 0.25) is 0 Å². The number of carboxylic acids is 1. The first kappa shape index (κ1) is 24.6. The minimum absolute atomic E-state index is 0.0247. The molecule has 4 aromatic rings. The van der Waals surface area contributed by atoms with Crippen LogP contribution in [0, 0.1) is 23.7 Å². The normalized spacial score (nSPS) is 21.6. The number of amides is 1. The summed E-state index contributed by atoms with van der Waals surface area (Å²) in [7, 11) is 0. The van der Waals surface area contributed by atoms with Crippen molar-refractivity contribution in [1.82, 2.24) is 4.98 Å². The van der Waals surface area contributed by atoms with Crippen molar-refractivity contribution in [3.63, 3.8) is 0 Å². The Morgan fingerprint density at radius 2 is 1.63 bits per heavy atom. The summed E-state index contributed by atoms with van der Waals surface area (Å²) in [6, 6.07) is 23.2. The number of carbonyl (C=O) groups is 3. The average molecular weight is 541 g/mol. The summed E-state index contributed by atoms with van der Waals surface area (Å²) in [5.74, 6) is -2.17. The highest BCUT2D eigenvalue weighted by molar-refractivity contribution is 8.01. The number of carboxylic acid groups (broad SMARTS) is 1. The maximum absolute atomic E-state index is 13.0. The Hall–Kier alpha value is -3.75. The molecule has 0 aliphatic heterocycles. The zero-order chi connectivity index (χ0) is 26.2. The number of thioether (sulfide) groups is 1. The number of fused-ring (bicyclic) bond motifs is 3. The van der Waals surface area contributed by atoms with Gasteiger partial charge in [-0.15, -0.1) is 11.3 Å². The molecule has 8 heteroatoms. The molecule has 1 fully saturated rings. The maximum atomic E-state index is 13.0. The van der Waals surface area contributed by atoms with Crippen molar-refractivity contribution >= 4 is 56.7 Å². The van der Waals surface area contributed by atoms with Crippen LogP contribution >= 0.6 is 23.1 Å². The minimum atomic E-state index is -0.914. The first-order valence-electron chi connectivity index (χ1n) is 12.4. The van der Waals surface area contributed by atoms with Crippen molar-refractivity contribution < 1.29 is 19.5 Å². The largest absolute Gasteiger partial charge is 0.481 e. The van der Waals surface area contributed by atoms with E-state index < -0.39 is 17.8 Å². The van der Waals surface area contributed by atoms with Gasteiger partial charge in [0.05, 0.1) is 27.8 Å². The molecule has 0 spiro atoms. The second-order valence-electron chi connectivity index (χ2n) is 9.64. The van der Waals surface area contributed by atoms with E-state index in [1.165, 1.54) is 23.1 Å². The highest BCUT2D eigenvalue weighted by Crippen LogP contribution is 2.48. The summed E-state index contributed by atoms with van der Waals surface area (Å²) in [6.07, 6.45) is 4.63. The van der Waals surface area contributed by atoms with Crippen molar-refractivity contribution in [1.29, 1.82) is 0 Å². The van der Waals surface area contributed by atoms with Gasteiger partial charge in [0.25, 0.3) is 0 Å². The molecule has 0 radical (unpaired) electrons. The molecule has 0 unspecified atom stereocenters. The number of aliphatic carboxylic acids is 1. The Kier molecular flexibility index (Phi) is 6.59. The van der Waals surface area contributed by atoms with E-state index in [-0.39, 0.29) is 29.3 Å². The zero-order valence-corrected chi connectivity index (χ0v) is 21.9. The van der Waals surface area contributed by atoms with Crippen LogP contribution in [0.15, 0.2) is 89.3 Å². The van der Waals surface area contributed by atoms with Gasteiger partial charge in [0, 0.05) is 11.3 Å². The number of thiazole rings is 1. The molecule has 38 heavy (non-hydrogen) atoms. The number of carbonyl (C=O) groups excluding carboxylic acids is 2. The van der Waals surface area contributed by atoms with Crippen LogP contribution < -0.4 is 5.32 Å². The van der Waals surface area contributed by atoms with Crippen molar-refractivity contribution in [2.24, 2.45) is 23.7 Å². The number of Topliss-reactive ketones (excluding diaryl/α,β-unsaturated/α-hetero) is 1. The molecule has 1 amide bonds. The molecule has 1 saturated carbocycles. The predicted octanol–water partition coefficient (Wildman–Crippen LogP) is 6.40. The Bertz CT molecular complexity index is 1560.